The number of anilines is 1. The van der Waals surface area contributed by atoms with E-state index in [1.807, 2.05) is 30.5 Å². The second-order valence-corrected chi connectivity index (χ2v) is 6.00. The summed E-state index contributed by atoms with van der Waals surface area (Å²) in [6.07, 6.45) is 2.02. The number of carbonyl (C=O) groups excluding carboxylic acids is 1. The zero-order valence-electron chi connectivity index (χ0n) is 12.4. The Kier molecular flexibility index (Phi) is 6.50. The number of nitrogens with one attached hydrogen (secondary N) is 1. The van der Waals surface area contributed by atoms with Crippen molar-refractivity contribution in [1.29, 1.82) is 0 Å². The lowest BCUT2D eigenvalue weighted by atomic mass is 10.3. The number of aliphatic hydroxyl groups excluding tert-OH is 1. The van der Waals surface area contributed by atoms with Crippen LogP contribution in [0.1, 0.15) is 0 Å². The number of aliphatic hydroxyl groups is 1. The largest absolute Gasteiger partial charge is 0.395 e. The monoisotopic (exact) mass is 309 g/mol. The fourth-order valence-electron chi connectivity index (χ4n) is 2.42. The summed E-state index contributed by atoms with van der Waals surface area (Å²) in [6.45, 7) is 4.92. The zero-order valence-corrected chi connectivity index (χ0v) is 13.2. The van der Waals surface area contributed by atoms with E-state index >= 15 is 0 Å². The Morgan fingerprint density at radius 3 is 2.67 bits per heavy atom. The molecule has 6 heteroatoms. The van der Waals surface area contributed by atoms with Gasteiger partial charge in [0.05, 0.1) is 13.2 Å². The molecule has 1 aromatic rings. The van der Waals surface area contributed by atoms with Gasteiger partial charge in [-0.25, -0.2) is 0 Å². The molecule has 2 rings (SSSR count). The molecule has 1 aliphatic heterocycles. The van der Waals surface area contributed by atoms with Gasteiger partial charge >= 0.3 is 0 Å². The molecule has 1 saturated heterocycles. The summed E-state index contributed by atoms with van der Waals surface area (Å²) in [5.74, 6) is 0.0314. The highest BCUT2D eigenvalue weighted by atomic mass is 32.2. The van der Waals surface area contributed by atoms with Gasteiger partial charge in [0.25, 0.3) is 0 Å². The minimum atomic E-state index is 0.0314. The molecule has 0 aliphatic carbocycles. The number of hydrogen-bond acceptors (Lipinski definition) is 5. The Labute approximate surface area is 130 Å². The van der Waals surface area contributed by atoms with Crippen molar-refractivity contribution < 1.29 is 9.90 Å². The van der Waals surface area contributed by atoms with Crippen LogP contribution in [-0.2, 0) is 4.79 Å². The molecule has 116 valence electrons. The lowest BCUT2D eigenvalue weighted by molar-refractivity contribution is -0.117. The van der Waals surface area contributed by atoms with Crippen molar-refractivity contribution in [2.24, 2.45) is 0 Å². The minimum absolute atomic E-state index is 0.0314. The molecule has 0 unspecified atom stereocenters. The van der Waals surface area contributed by atoms with Crippen LogP contribution in [0.5, 0.6) is 0 Å². The smallest absolute Gasteiger partial charge is 0.238 e. The number of amides is 1. The van der Waals surface area contributed by atoms with Crippen molar-refractivity contribution in [2.45, 2.75) is 4.90 Å². The van der Waals surface area contributed by atoms with Gasteiger partial charge in [-0.15, -0.1) is 11.8 Å². The minimum Gasteiger partial charge on any atom is -0.395 e. The third kappa shape index (κ3) is 5.32. The van der Waals surface area contributed by atoms with Crippen LogP contribution in [0.4, 0.5) is 5.69 Å². The third-order valence-electron chi connectivity index (χ3n) is 3.60. The molecule has 1 amide bonds. The van der Waals surface area contributed by atoms with Crippen LogP contribution in [0, 0.1) is 0 Å². The zero-order chi connectivity index (χ0) is 15.1. The summed E-state index contributed by atoms with van der Waals surface area (Å²) < 4.78 is 0. The molecule has 0 saturated carbocycles. The summed E-state index contributed by atoms with van der Waals surface area (Å²) in [5, 5.41) is 11.9. The molecule has 1 heterocycles. The number of benzene rings is 1. The van der Waals surface area contributed by atoms with E-state index in [0.29, 0.717) is 6.54 Å². The molecule has 1 aliphatic rings. The Bertz CT molecular complexity index is 462. The van der Waals surface area contributed by atoms with E-state index in [2.05, 4.69) is 15.1 Å². The molecule has 5 nitrogen and oxygen atoms in total. The SMILES string of the molecule is CSc1cccc(NC(=O)CN2CCN(CCO)CC2)c1. The predicted molar refractivity (Wildman–Crippen MR) is 86.8 cm³/mol. The molecule has 1 fully saturated rings. The number of nitrogens with zero attached hydrogens (tertiary/aromatic N) is 2. The van der Waals surface area contributed by atoms with Gasteiger partial charge in [-0.05, 0) is 24.5 Å². The molecule has 1 aromatic carbocycles. The normalized spacial score (nSPS) is 16.9. The van der Waals surface area contributed by atoms with Gasteiger partial charge in [0, 0.05) is 43.3 Å². The maximum atomic E-state index is 12.1. The van der Waals surface area contributed by atoms with Gasteiger partial charge in [0.15, 0.2) is 0 Å². The molecule has 0 aromatic heterocycles. The van der Waals surface area contributed by atoms with E-state index in [1.54, 1.807) is 11.8 Å². The molecule has 0 atom stereocenters. The molecule has 2 N–H and O–H groups in total. The average Bonchev–Trinajstić information content (AvgIpc) is 2.49. The highest BCUT2D eigenvalue weighted by molar-refractivity contribution is 7.98. The molecular formula is C15H23N3O2S. The number of carbonyl (C=O) groups is 1. The first kappa shape index (κ1) is 16.3. The van der Waals surface area contributed by atoms with Gasteiger partial charge in [-0.2, -0.15) is 0 Å². The van der Waals surface area contributed by atoms with Crippen molar-refractivity contribution in [2.75, 3.05) is 57.4 Å². The van der Waals surface area contributed by atoms with Gasteiger partial charge in [-0.1, -0.05) is 6.07 Å². The van der Waals surface area contributed by atoms with Crippen molar-refractivity contribution in [3.8, 4) is 0 Å². The lowest BCUT2D eigenvalue weighted by Gasteiger charge is -2.33. The van der Waals surface area contributed by atoms with Gasteiger partial charge in [-0.3, -0.25) is 14.6 Å². The van der Waals surface area contributed by atoms with Crippen LogP contribution in [-0.4, -0.2) is 72.9 Å². The first-order valence-electron chi connectivity index (χ1n) is 7.21. The van der Waals surface area contributed by atoms with Crippen molar-refractivity contribution in [3.63, 3.8) is 0 Å². The second-order valence-electron chi connectivity index (χ2n) is 5.12. The van der Waals surface area contributed by atoms with Crippen LogP contribution in [0.25, 0.3) is 0 Å². The summed E-state index contributed by atoms with van der Waals surface area (Å²) >= 11 is 1.66. The van der Waals surface area contributed by atoms with Crippen LogP contribution in [0.2, 0.25) is 0 Å². The Balaban J connectivity index is 1.77. The Hall–Kier alpha value is -1.08. The van der Waals surface area contributed by atoms with Crippen LogP contribution in [0.3, 0.4) is 0 Å². The van der Waals surface area contributed by atoms with E-state index in [0.717, 1.165) is 43.3 Å². The number of rotatable bonds is 6. The van der Waals surface area contributed by atoms with E-state index in [9.17, 15) is 4.79 Å². The molecule has 0 spiro atoms. The number of hydrogen-bond donors (Lipinski definition) is 2. The molecular weight excluding hydrogens is 286 g/mol. The second kappa shape index (κ2) is 8.38. The standard InChI is InChI=1S/C15H23N3O2S/c1-21-14-4-2-3-13(11-14)16-15(20)12-18-7-5-17(6-8-18)9-10-19/h2-4,11,19H,5-10,12H2,1H3,(H,16,20). The average molecular weight is 309 g/mol. The highest BCUT2D eigenvalue weighted by Crippen LogP contribution is 2.18. The predicted octanol–water partition coefficient (Wildman–Crippen LogP) is 0.957. The maximum Gasteiger partial charge on any atom is 0.238 e. The van der Waals surface area contributed by atoms with E-state index < -0.39 is 0 Å². The Morgan fingerprint density at radius 2 is 2.00 bits per heavy atom. The molecule has 0 bridgehead atoms. The summed E-state index contributed by atoms with van der Waals surface area (Å²) in [5.41, 5.74) is 0.853. The highest BCUT2D eigenvalue weighted by Gasteiger charge is 2.18. The van der Waals surface area contributed by atoms with E-state index in [4.69, 9.17) is 5.11 Å². The van der Waals surface area contributed by atoms with Gasteiger partial charge in [0.2, 0.25) is 5.91 Å². The summed E-state index contributed by atoms with van der Waals surface area (Å²) in [6, 6.07) is 7.88. The van der Waals surface area contributed by atoms with Crippen LogP contribution >= 0.6 is 11.8 Å². The number of thioether (sulfide) groups is 1. The number of piperazine rings is 1. The lowest BCUT2D eigenvalue weighted by Crippen LogP contribution is -2.49. The fourth-order valence-corrected chi connectivity index (χ4v) is 2.88. The van der Waals surface area contributed by atoms with Crippen LogP contribution < -0.4 is 5.32 Å². The summed E-state index contributed by atoms with van der Waals surface area (Å²) in [7, 11) is 0. The van der Waals surface area contributed by atoms with Crippen molar-refractivity contribution >= 4 is 23.4 Å². The van der Waals surface area contributed by atoms with Crippen LogP contribution in [0.15, 0.2) is 29.2 Å². The first-order chi connectivity index (χ1) is 10.2. The molecule has 0 radical (unpaired) electrons. The van der Waals surface area contributed by atoms with E-state index in [1.165, 1.54) is 0 Å². The Morgan fingerprint density at radius 1 is 1.29 bits per heavy atom. The third-order valence-corrected chi connectivity index (χ3v) is 4.33. The topological polar surface area (TPSA) is 55.8 Å². The first-order valence-corrected chi connectivity index (χ1v) is 8.43. The quantitative estimate of drug-likeness (QED) is 0.767. The maximum absolute atomic E-state index is 12.1. The van der Waals surface area contributed by atoms with Crippen molar-refractivity contribution in [1.82, 2.24) is 9.80 Å². The fraction of sp³-hybridized carbons (Fsp3) is 0.533. The number of β-amino-alcohol motifs (C(OH)–C–C–N with tert-alkyl or cyclic N) is 1. The summed E-state index contributed by atoms with van der Waals surface area (Å²) in [4.78, 5) is 17.6. The van der Waals surface area contributed by atoms with Gasteiger partial charge < -0.3 is 10.4 Å². The van der Waals surface area contributed by atoms with Crippen molar-refractivity contribution in [3.05, 3.63) is 24.3 Å². The van der Waals surface area contributed by atoms with E-state index in [-0.39, 0.29) is 12.5 Å². The van der Waals surface area contributed by atoms with Gasteiger partial charge in [0.1, 0.15) is 0 Å². The molecule has 21 heavy (non-hydrogen) atoms.